The molecule has 1 aromatic rings. The molecule has 6 heteroatoms. The molecule has 0 radical (unpaired) electrons. The smallest absolute Gasteiger partial charge is 0.225 e. The van der Waals surface area contributed by atoms with Gasteiger partial charge in [0.15, 0.2) is 0 Å². The van der Waals surface area contributed by atoms with Crippen molar-refractivity contribution >= 4 is 21.6 Å². The van der Waals surface area contributed by atoms with Crippen LogP contribution in [0.25, 0.3) is 0 Å². The van der Waals surface area contributed by atoms with E-state index in [1.165, 1.54) is 10.6 Å². The van der Waals surface area contributed by atoms with Crippen LogP contribution in [0.15, 0.2) is 24.3 Å². The molecular formula is C15H24N2O3S. The Hall–Kier alpha value is -1.40. The average molecular weight is 312 g/mol. The molecule has 0 aliphatic carbocycles. The highest BCUT2D eigenvalue weighted by atomic mass is 32.2. The quantitative estimate of drug-likeness (QED) is 0.840. The van der Waals surface area contributed by atoms with Crippen molar-refractivity contribution in [1.82, 2.24) is 4.31 Å². The maximum atomic E-state index is 11.9. The van der Waals surface area contributed by atoms with Gasteiger partial charge >= 0.3 is 0 Å². The molecule has 1 aromatic carbocycles. The Morgan fingerprint density at radius 3 is 2.33 bits per heavy atom. The number of aryl methyl sites for hydroxylation is 1. The summed E-state index contributed by atoms with van der Waals surface area (Å²) in [5.74, 6) is -0.184. The number of carbonyl (C=O) groups excluding carboxylic acids is 1. The number of sulfonamides is 1. The second kappa shape index (κ2) is 7.56. The Bertz CT molecular complexity index is 567. The number of nitrogens with zero attached hydrogens (tertiary/aromatic N) is 1. The first-order valence-electron chi connectivity index (χ1n) is 7.07. The summed E-state index contributed by atoms with van der Waals surface area (Å²) in [6.07, 6.45) is 2.04. The first kappa shape index (κ1) is 17.7. The minimum Gasteiger partial charge on any atom is -0.326 e. The topological polar surface area (TPSA) is 66.5 Å². The van der Waals surface area contributed by atoms with Crippen LogP contribution in [0.3, 0.4) is 0 Å². The van der Waals surface area contributed by atoms with Gasteiger partial charge in [0.05, 0.1) is 6.26 Å². The summed E-state index contributed by atoms with van der Waals surface area (Å²) in [6.45, 7) is 5.95. The molecule has 1 rings (SSSR count). The van der Waals surface area contributed by atoms with E-state index < -0.39 is 10.0 Å². The van der Waals surface area contributed by atoms with Crippen LogP contribution < -0.4 is 5.32 Å². The van der Waals surface area contributed by atoms with Gasteiger partial charge in [-0.2, -0.15) is 4.31 Å². The number of carbonyl (C=O) groups is 1. The summed E-state index contributed by atoms with van der Waals surface area (Å²) in [5.41, 5.74) is 1.84. The number of hydrogen-bond donors (Lipinski definition) is 1. The maximum absolute atomic E-state index is 11.9. The molecule has 0 saturated carbocycles. The zero-order valence-electron chi connectivity index (χ0n) is 13.1. The average Bonchev–Trinajstić information content (AvgIpc) is 2.39. The zero-order valence-corrected chi connectivity index (χ0v) is 13.9. The molecule has 1 amide bonds. The van der Waals surface area contributed by atoms with E-state index in [9.17, 15) is 13.2 Å². The van der Waals surface area contributed by atoms with E-state index in [4.69, 9.17) is 0 Å². The molecule has 0 aromatic heterocycles. The Kier molecular flexibility index (Phi) is 6.36. The number of amides is 1. The van der Waals surface area contributed by atoms with Gasteiger partial charge in [-0.05, 0) is 32.4 Å². The monoisotopic (exact) mass is 312 g/mol. The minimum atomic E-state index is -3.30. The van der Waals surface area contributed by atoms with Gasteiger partial charge in [0.2, 0.25) is 15.9 Å². The normalized spacial score (nSPS) is 13.2. The van der Waals surface area contributed by atoms with Crippen LogP contribution in [-0.4, -0.2) is 37.5 Å². The number of nitrogens with one attached hydrogen (secondary N) is 1. The molecule has 1 N–H and O–H groups in total. The van der Waals surface area contributed by atoms with Crippen molar-refractivity contribution in [2.75, 3.05) is 18.1 Å². The summed E-state index contributed by atoms with van der Waals surface area (Å²) in [5, 5.41) is 2.77. The third-order valence-electron chi connectivity index (χ3n) is 3.40. The van der Waals surface area contributed by atoms with E-state index in [0.29, 0.717) is 6.42 Å². The molecule has 0 aliphatic heterocycles. The van der Waals surface area contributed by atoms with Gasteiger partial charge in [-0.25, -0.2) is 8.42 Å². The molecule has 0 saturated heterocycles. The van der Waals surface area contributed by atoms with Gasteiger partial charge < -0.3 is 5.32 Å². The second-order valence-corrected chi connectivity index (χ2v) is 7.23. The van der Waals surface area contributed by atoms with Gasteiger partial charge in [0.25, 0.3) is 0 Å². The third kappa shape index (κ3) is 5.85. The molecule has 0 aliphatic rings. The third-order valence-corrected chi connectivity index (χ3v) is 4.80. The summed E-state index contributed by atoms with van der Waals surface area (Å²) in [6, 6.07) is 7.38. The predicted molar refractivity (Wildman–Crippen MR) is 85.7 cm³/mol. The Morgan fingerprint density at radius 2 is 1.86 bits per heavy atom. The maximum Gasteiger partial charge on any atom is 0.225 e. The van der Waals surface area contributed by atoms with Crippen LogP contribution >= 0.6 is 0 Å². The number of benzene rings is 1. The van der Waals surface area contributed by atoms with Crippen LogP contribution in [0.4, 0.5) is 5.69 Å². The van der Waals surface area contributed by atoms with E-state index in [-0.39, 0.29) is 24.9 Å². The van der Waals surface area contributed by atoms with E-state index in [2.05, 4.69) is 5.32 Å². The lowest BCUT2D eigenvalue weighted by atomic mass is 10.2. The van der Waals surface area contributed by atoms with E-state index in [1.54, 1.807) is 0 Å². The van der Waals surface area contributed by atoms with Crippen molar-refractivity contribution in [3.63, 3.8) is 0 Å². The van der Waals surface area contributed by atoms with E-state index in [1.807, 2.05) is 45.0 Å². The van der Waals surface area contributed by atoms with Crippen molar-refractivity contribution < 1.29 is 13.2 Å². The van der Waals surface area contributed by atoms with Gasteiger partial charge in [0, 0.05) is 24.7 Å². The molecular weight excluding hydrogens is 288 g/mol. The Labute approximate surface area is 127 Å². The lowest BCUT2D eigenvalue weighted by Crippen LogP contribution is -2.39. The van der Waals surface area contributed by atoms with E-state index in [0.717, 1.165) is 11.3 Å². The highest BCUT2D eigenvalue weighted by Crippen LogP contribution is 2.12. The van der Waals surface area contributed by atoms with Crippen LogP contribution in [0.5, 0.6) is 0 Å². The summed E-state index contributed by atoms with van der Waals surface area (Å²) in [4.78, 5) is 11.9. The highest BCUT2D eigenvalue weighted by Gasteiger charge is 2.22. The van der Waals surface area contributed by atoms with Crippen molar-refractivity contribution in [2.45, 2.75) is 39.7 Å². The molecule has 21 heavy (non-hydrogen) atoms. The fourth-order valence-electron chi connectivity index (χ4n) is 1.99. The molecule has 0 heterocycles. The highest BCUT2D eigenvalue weighted by molar-refractivity contribution is 7.88. The van der Waals surface area contributed by atoms with Gasteiger partial charge in [-0.1, -0.05) is 24.6 Å². The number of hydrogen-bond acceptors (Lipinski definition) is 3. The van der Waals surface area contributed by atoms with Crippen LogP contribution in [0.2, 0.25) is 0 Å². The summed E-state index contributed by atoms with van der Waals surface area (Å²) in [7, 11) is -3.30. The molecule has 118 valence electrons. The fraction of sp³-hybridized carbons (Fsp3) is 0.533. The number of rotatable bonds is 7. The van der Waals surface area contributed by atoms with Crippen molar-refractivity contribution in [3.05, 3.63) is 29.8 Å². The molecule has 1 unspecified atom stereocenters. The van der Waals surface area contributed by atoms with Gasteiger partial charge in [0.1, 0.15) is 0 Å². The van der Waals surface area contributed by atoms with Crippen LogP contribution in [0.1, 0.15) is 32.3 Å². The summed E-state index contributed by atoms with van der Waals surface area (Å²) < 4.78 is 24.8. The Morgan fingerprint density at radius 1 is 1.29 bits per heavy atom. The molecule has 1 atom stereocenters. The standard InChI is InChI=1S/C15H24N2O3S/c1-5-13(3)17(21(4,19)20)11-10-15(18)16-14-8-6-12(2)7-9-14/h6-9,13H,5,10-11H2,1-4H3,(H,16,18). The zero-order chi connectivity index (χ0) is 16.0. The molecule has 0 fully saturated rings. The predicted octanol–water partition coefficient (Wildman–Crippen LogP) is 2.38. The first-order chi connectivity index (χ1) is 9.74. The van der Waals surface area contributed by atoms with Crippen LogP contribution in [-0.2, 0) is 14.8 Å². The van der Waals surface area contributed by atoms with Crippen molar-refractivity contribution in [3.8, 4) is 0 Å². The first-order valence-corrected chi connectivity index (χ1v) is 8.92. The second-order valence-electron chi connectivity index (χ2n) is 5.30. The number of anilines is 1. The molecule has 0 spiro atoms. The molecule has 5 nitrogen and oxygen atoms in total. The minimum absolute atomic E-state index is 0.104. The van der Waals surface area contributed by atoms with Crippen molar-refractivity contribution in [2.24, 2.45) is 0 Å². The fourth-order valence-corrected chi connectivity index (χ4v) is 3.21. The van der Waals surface area contributed by atoms with Gasteiger partial charge in [-0.15, -0.1) is 0 Å². The largest absolute Gasteiger partial charge is 0.326 e. The SMILES string of the molecule is CCC(C)N(CCC(=O)Nc1ccc(C)cc1)S(C)(=O)=O. The van der Waals surface area contributed by atoms with E-state index >= 15 is 0 Å². The van der Waals surface area contributed by atoms with Crippen LogP contribution in [0, 0.1) is 6.92 Å². The molecule has 0 bridgehead atoms. The van der Waals surface area contributed by atoms with Crippen molar-refractivity contribution in [1.29, 1.82) is 0 Å². The lowest BCUT2D eigenvalue weighted by molar-refractivity contribution is -0.116. The van der Waals surface area contributed by atoms with Gasteiger partial charge in [-0.3, -0.25) is 4.79 Å². The lowest BCUT2D eigenvalue weighted by Gasteiger charge is -2.25. The summed E-state index contributed by atoms with van der Waals surface area (Å²) >= 11 is 0. The Balaban J connectivity index is 2.59.